The molecule has 2 N–H and O–H groups in total. The number of esters is 1. The molecule has 2 aliphatic rings. The van der Waals surface area contributed by atoms with Crippen LogP contribution in [0.25, 0.3) is 0 Å². The zero-order chi connectivity index (χ0) is 28.8. The fraction of sp³-hybridized carbons (Fsp3) is 0.419. The van der Waals surface area contributed by atoms with Crippen LogP contribution >= 0.6 is 0 Å². The first-order chi connectivity index (χ1) is 19.9. The quantitative estimate of drug-likeness (QED) is 0.280. The van der Waals surface area contributed by atoms with Gasteiger partial charge in [0.05, 0.1) is 26.7 Å². The van der Waals surface area contributed by atoms with Gasteiger partial charge in [-0.3, -0.25) is 10.1 Å². The van der Waals surface area contributed by atoms with E-state index in [-0.39, 0.29) is 30.8 Å². The number of amides is 3. The Morgan fingerprint density at radius 2 is 1.88 bits per heavy atom. The van der Waals surface area contributed by atoms with Gasteiger partial charge >= 0.3 is 17.9 Å². The number of imidazole rings is 1. The van der Waals surface area contributed by atoms with E-state index in [0.29, 0.717) is 6.54 Å². The van der Waals surface area contributed by atoms with E-state index in [2.05, 4.69) is 15.3 Å². The number of cyclic esters (lactones) is 1. The molecule has 2 aliphatic heterocycles. The topological polar surface area (TPSA) is 120 Å². The number of methoxy groups -OCH3 is 1. The van der Waals surface area contributed by atoms with Gasteiger partial charge in [0.25, 0.3) is 0 Å². The fourth-order valence-electron chi connectivity index (χ4n) is 5.66. The number of likely N-dealkylation sites (tertiary alicyclic amines) is 1. The third-order valence-electron chi connectivity index (χ3n) is 8.04. The molecule has 41 heavy (non-hydrogen) atoms. The highest BCUT2D eigenvalue weighted by Crippen LogP contribution is 2.31. The Morgan fingerprint density at radius 1 is 1.10 bits per heavy atom. The largest absolute Gasteiger partial charge is 0.497 e. The van der Waals surface area contributed by atoms with E-state index in [1.807, 2.05) is 61.5 Å². The molecule has 0 bridgehead atoms. The monoisotopic (exact) mass is 561 g/mol. The van der Waals surface area contributed by atoms with E-state index in [1.165, 1.54) is 5.56 Å². The summed E-state index contributed by atoms with van der Waals surface area (Å²) >= 11 is 0. The molecule has 5 rings (SSSR count). The predicted octanol–water partition coefficient (Wildman–Crippen LogP) is 4.30. The minimum absolute atomic E-state index is 0.0210. The Bertz CT molecular complexity index is 1360. The summed E-state index contributed by atoms with van der Waals surface area (Å²) in [5.41, 5.74) is 2.97. The summed E-state index contributed by atoms with van der Waals surface area (Å²) in [6, 6.07) is 16.1. The highest BCUT2D eigenvalue weighted by atomic mass is 16.7. The molecule has 0 saturated carbocycles. The Labute approximate surface area is 239 Å². The number of aryl methyl sites for hydroxylation is 2. The van der Waals surface area contributed by atoms with Gasteiger partial charge in [0.15, 0.2) is 0 Å². The highest BCUT2D eigenvalue weighted by Gasteiger charge is 2.55. The molecule has 10 nitrogen and oxygen atoms in total. The number of rotatable bonds is 10. The number of nitrogens with one attached hydrogen (secondary N) is 2. The molecule has 3 heterocycles. The summed E-state index contributed by atoms with van der Waals surface area (Å²) in [6.45, 7) is 2.49. The Morgan fingerprint density at radius 3 is 2.59 bits per heavy atom. The minimum Gasteiger partial charge on any atom is -0.497 e. The molecule has 0 spiro atoms. The summed E-state index contributed by atoms with van der Waals surface area (Å²) in [7, 11) is 1.65. The van der Waals surface area contributed by atoms with Crippen LogP contribution in [-0.4, -0.2) is 64.4 Å². The standard InChI is InChI=1S/C31H36N4O6/c1-21-8-7-17-35(21,31(38)34-26-18-27(36)41-30(26)40-20-23-9-4-3-5-10-23)29(37)28-32-19-24(33-28)12-6-11-22-13-15-25(39-2)16-14-22/h3-5,9-10,13-16,19,21,26,30H,6-8,11-12,17-18,20H2,1-2H3,(H-,32,33,34,37,38)/p+1/t21-,26?,30?,35?/m1/s1. The van der Waals surface area contributed by atoms with Crippen LogP contribution in [0.1, 0.15) is 60.0 Å². The van der Waals surface area contributed by atoms with Gasteiger partial charge in [0, 0.05) is 24.7 Å². The molecule has 0 radical (unpaired) electrons. The van der Waals surface area contributed by atoms with Crippen molar-refractivity contribution in [2.24, 2.45) is 0 Å². The van der Waals surface area contributed by atoms with E-state index in [9.17, 15) is 14.4 Å². The second-order valence-corrected chi connectivity index (χ2v) is 10.8. The van der Waals surface area contributed by atoms with Crippen LogP contribution in [-0.2, 0) is 33.7 Å². The average Bonchev–Trinajstić information content (AvgIpc) is 3.71. The van der Waals surface area contributed by atoms with Gasteiger partial charge in [-0.1, -0.05) is 42.5 Å². The van der Waals surface area contributed by atoms with Gasteiger partial charge < -0.3 is 19.2 Å². The normalized spacial score (nSPS) is 23.8. The molecule has 0 aliphatic carbocycles. The zero-order valence-corrected chi connectivity index (χ0v) is 23.5. The smallest absolute Gasteiger partial charge is 0.425 e. The number of ether oxygens (including phenoxy) is 3. The highest BCUT2D eigenvalue weighted by molar-refractivity contribution is 5.93. The zero-order valence-electron chi connectivity index (χ0n) is 23.5. The number of urea groups is 1. The Balaban J connectivity index is 1.23. The van der Waals surface area contributed by atoms with Gasteiger partial charge in [-0.05, 0) is 49.4 Å². The van der Waals surface area contributed by atoms with Crippen LogP contribution < -0.4 is 10.1 Å². The average molecular weight is 562 g/mol. The first-order valence-corrected chi connectivity index (χ1v) is 14.1. The summed E-state index contributed by atoms with van der Waals surface area (Å²) in [4.78, 5) is 47.4. The number of quaternary nitrogens is 1. The molecule has 3 amide bonds. The molecule has 3 unspecified atom stereocenters. The van der Waals surface area contributed by atoms with Crippen LogP contribution in [0.2, 0.25) is 0 Å². The molecular formula is C31H37N4O6+. The number of nitrogens with zero attached hydrogens (tertiary/aromatic N) is 2. The van der Waals surface area contributed by atoms with E-state index in [0.717, 1.165) is 49.1 Å². The van der Waals surface area contributed by atoms with Crippen molar-refractivity contribution < 1.29 is 33.1 Å². The summed E-state index contributed by atoms with van der Waals surface area (Å²) in [5, 5.41) is 2.92. The van der Waals surface area contributed by atoms with Crippen molar-refractivity contribution >= 4 is 17.9 Å². The molecular weight excluding hydrogens is 524 g/mol. The predicted molar refractivity (Wildman–Crippen MR) is 150 cm³/mol. The molecule has 3 aromatic rings. The van der Waals surface area contributed by atoms with Crippen molar-refractivity contribution in [2.45, 2.75) is 70.4 Å². The fourth-order valence-corrected chi connectivity index (χ4v) is 5.66. The molecule has 2 aromatic carbocycles. The van der Waals surface area contributed by atoms with Crippen molar-refractivity contribution in [1.29, 1.82) is 0 Å². The van der Waals surface area contributed by atoms with Crippen molar-refractivity contribution in [3.8, 4) is 5.75 Å². The third kappa shape index (κ3) is 6.34. The number of hydrogen-bond acceptors (Lipinski definition) is 7. The number of carbonyl (C=O) groups is 3. The summed E-state index contributed by atoms with van der Waals surface area (Å²) < 4.78 is 16.0. The first-order valence-electron chi connectivity index (χ1n) is 14.1. The molecule has 2 fully saturated rings. The Hall–Kier alpha value is -4.02. The van der Waals surface area contributed by atoms with Crippen molar-refractivity contribution in [3.05, 3.63) is 83.4 Å². The maximum absolute atomic E-state index is 13.9. The number of carbonyl (C=O) groups excluding carboxylic acids is 3. The van der Waals surface area contributed by atoms with Gasteiger partial charge in [-0.2, -0.15) is 4.48 Å². The van der Waals surface area contributed by atoms with Crippen molar-refractivity contribution in [2.75, 3.05) is 13.7 Å². The first kappa shape index (κ1) is 28.5. The van der Waals surface area contributed by atoms with Gasteiger partial charge in [-0.15, -0.1) is 0 Å². The maximum atomic E-state index is 13.9. The second kappa shape index (κ2) is 12.7. The maximum Gasteiger partial charge on any atom is 0.425 e. The molecule has 4 atom stereocenters. The summed E-state index contributed by atoms with van der Waals surface area (Å²) in [5.74, 6) is 0.167. The van der Waals surface area contributed by atoms with E-state index < -0.39 is 28.8 Å². The van der Waals surface area contributed by atoms with Crippen LogP contribution in [0.3, 0.4) is 0 Å². The van der Waals surface area contributed by atoms with Gasteiger partial charge in [0.2, 0.25) is 12.1 Å². The van der Waals surface area contributed by atoms with E-state index in [4.69, 9.17) is 14.2 Å². The molecule has 10 heteroatoms. The van der Waals surface area contributed by atoms with Crippen LogP contribution in [0.5, 0.6) is 5.75 Å². The number of hydrogen-bond donors (Lipinski definition) is 2. The SMILES string of the molecule is COc1ccc(CCCc2cnc(C(=O)[N+]3(C(=O)NC4CC(=O)OC4OCc4ccccc4)CCC[C@H]3C)[nH]2)cc1. The lowest BCUT2D eigenvalue weighted by Gasteiger charge is -2.33. The lowest BCUT2D eigenvalue weighted by molar-refractivity contribution is -0.778. The van der Waals surface area contributed by atoms with Crippen molar-refractivity contribution in [3.63, 3.8) is 0 Å². The number of H-pyrrole nitrogens is 1. The van der Waals surface area contributed by atoms with Gasteiger partial charge in [0.1, 0.15) is 17.8 Å². The third-order valence-corrected chi connectivity index (χ3v) is 8.04. The van der Waals surface area contributed by atoms with Crippen LogP contribution in [0.4, 0.5) is 4.79 Å². The minimum atomic E-state index is -0.930. The van der Waals surface area contributed by atoms with Crippen LogP contribution in [0.15, 0.2) is 60.8 Å². The Kier molecular flexibility index (Phi) is 8.80. The molecule has 2 saturated heterocycles. The number of aromatic amines is 1. The second-order valence-electron chi connectivity index (χ2n) is 10.8. The molecule has 216 valence electrons. The van der Waals surface area contributed by atoms with Crippen molar-refractivity contribution in [1.82, 2.24) is 15.3 Å². The van der Waals surface area contributed by atoms with E-state index >= 15 is 0 Å². The lowest BCUT2D eigenvalue weighted by atomic mass is 10.1. The molecule has 1 aromatic heterocycles. The number of benzene rings is 2. The van der Waals surface area contributed by atoms with Gasteiger partial charge in [-0.25, -0.2) is 14.6 Å². The van der Waals surface area contributed by atoms with E-state index in [1.54, 1.807) is 13.3 Å². The number of aromatic nitrogens is 2. The van der Waals surface area contributed by atoms with Crippen LogP contribution in [0, 0.1) is 0 Å². The summed E-state index contributed by atoms with van der Waals surface area (Å²) in [6.07, 6.45) is 4.64. The lowest BCUT2D eigenvalue weighted by Crippen LogP contribution is -2.64. The number of imide groups is 1.